The normalized spacial score (nSPS) is 19.8. The summed E-state index contributed by atoms with van der Waals surface area (Å²) in [5.41, 5.74) is 6.29. The maximum absolute atomic E-state index is 9.18. The first-order chi connectivity index (χ1) is 21.2. The molecule has 2 fully saturated rings. The summed E-state index contributed by atoms with van der Waals surface area (Å²) in [6.07, 6.45) is 0. The summed E-state index contributed by atoms with van der Waals surface area (Å²) in [7, 11) is -0.924. The summed E-state index contributed by atoms with van der Waals surface area (Å²) in [6, 6.07) is 31.4. The average molecular weight is 596 g/mol. The monoisotopic (exact) mass is 596 g/mol. The lowest BCUT2D eigenvalue weighted by atomic mass is 9.77. The molecule has 0 radical (unpaired) electrons. The van der Waals surface area contributed by atoms with Gasteiger partial charge in [0.15, 0.2) is 0 Å². The third-order valence-corrected chi connectivity index (χ3v) is 10.3. The maximum atomic E-state index is 9.18. The zero-order valence-electron chi connectivity index (χ0n) is 27.3. The molecule has 0 unspecified atom stereocenters. The second-order valence-corrected chi connectivity index (χ2v) is 14.3. The van der Waals surface area contributed by atoms with E-state index < -0.39 is 36.6 Å². The van der Waals surface area contributed by atoms with Crippen molar-refractivity contribution < 1.29 is 18.6 Å². The van der Waals surface area contributed by atoms with E-state index in [4.69, 9.17) is 18.6 Å². The molecule has 0 N–H and O–H groups in total. The van der Waals surface area contributed by atoms with Crippen LogP contribution in [0, 0.1) is 11.3 Å². The number of benzene rings is 4. The first kappa shape index (κ1) is 29.8. The SMILES string of the molecule is CC1(C)OB(c2ccc3c(c2)c2cc(B4OC(C)(C)C(C)(C)O4)ccc2n3-c2ccc(-c3ccc(C#N)cc3)cc2)OC1(C)C. The van der Waals surface area contributed by atoms with Crippen molar-refractivity contribution >= 4 is 47.0 Å². The number of nitriles is 1. The quantitative estimate of drug-likeness (QED) is 0.211. The van der Waals surface area contributed by atoms with E-state index in [1.807, 2.05) is 24.3 Å². The standard InChI is InChI=1S/C37H38B2N2O4/c1-34(2)35(3,4)43-38(42-34)27-15-19-32-30(21-27)31-22-28(39-44-36(5,6)37(7,8)45-39)16-20-33(31)41(32)29-17-13-26(14-18-29)25-11-9-24(23-40)10-12-25/h9-22H,1-8H3. The predicted molar refractivity (Wildman–Crippen MR) is 182 cm³/mol. The Morgan fingerprint density at radius 2 is 0.911 bits per heavy atom. The fraction of sp³-hybridized carbons (Fsp3) is 0.324. The number of nitrogens with zero attached hydrogens (tertiary/aromatic N) is 2. The summed E-state index contributed by atoms with van der Waals surface area (Å²) >= 11 is 0. The minimum absolute atomic E-state index is 0.429. The molecule has 4 aromatic carbocycles. The van der Waals surface area contributed by atoms with Crippen LogP contribution < -0.4 is 10.9 Å². The molecule has 2 aliphatic rings. The van der Waals surface area contributed by atoms with E-state index in [0.717, 1.165) is 49.5 Å². The van der Waals surface area contributed by atoms with Crippen LogP contribution in [0.5, 0.6) is 0 Å². The number of aromatic nitrogens is 1. The molecule has 8 heteroatoms. The van der Waals surface area contributed by atoms with Crippen LogP contribution in [0.1, 0.15) is 61.0 Å². The van der Waals surface area contributed by atoms with Crippen molar-refractivity contribution in [3.63, 3.8) is 0 Å². The molecule has 0 aliphatic carbocycles. The van der Waals surface area contributed by atoms with Crippen molar-refractivity contribution in [2.24, 2.45) is 0 Å². The lowest BCUT2D eigenvalue weighted by Gasteiger charge is -2.32. The zero-order chi connectivity index (χ0) is 31.9. The highest BCUT2D eigenvalue weighted by Crippen LogP contribution is 2.39. The van der Waals surface area contributed by atoms with Crippen molar-refractivity contribution in [2.45, 2.75) is 77.8 Å². The molecular formula is C37H38B2N2O4. The van der Waals surface area contributed by atoms with Gasteiger partial charge in [0.05, 0.1) is 45.1 Å². The highest BCUT2D eigenvalue weighted by Gasteiger charge is 2.53. The van der Waals surface area contributed by atoms with E-state index in [-0.39, 0.29) is 0 Å². The highest BCUT2D eigenvalue weighted by atomic mass is 16.7. The van der Waals surface area contributed by atoms with Crippen molar-refractivity contribution in [3.8, 4) is 22.9 Å². The molecule has 6 nitrogen and oxygen atoms in total. The van der Waals surface area contributed by atoms with E-state index in [0.29, 0.717) is 5.56 Å². The van der Waals surface area contributed by atoms with Crippen LogP contribution in [0.3, 0.4) is 0 Å². The summed E-state index contributed by atoms with van der Waals surface area (Å²) < 4.78 is 28.0. The number of hydrogen-bond acceptors (Lipinski definition) is 5. The fourth-order valence-corrected chi connectivity index (χ4v) is 6.13. The van der Waals surface area contributed by atoms with Crippen LogP contribution in [0.25, 0.3) is 38.6 Å². The predicted octanol–water partition coefficient (Wildman–Crippen LogP) is 6.92. The van der Waals surface area contributed by atoms with Gasteiger partial charge in [-0.05, 0) is 114 Å². The number of fused-ring (bicyclic) bond motifs is 3. The average Bonchev–Trinajstić information content (AvgIpc) is 3.53. The van der Waals surface area contributed by atoms with Gasteiger partial charge in [-0.1, -0.05) is 48.5 Å². The van der Waals surface area contributed by atoms with Gasteiger partial charge in [0.2, 0.25) is 0 Å². The van der Waals surface area contributed by atoms with Gasteiger partial charge in [-0.3, -0.25) is 0 Å². The van der Waals surface area contributed by atoms with Gasteiger partial charge in [-0.15, -0.1) is 0 Å². The summed E-state index contributed by atoms with van der Waals surface area (Å²) in [5, 5.41) is 11.4. The molecule has 0 spiro atoms. The first-order valence-electron chi connectivity index (χ1n) is 15.6. The molecule has 7 rings (SSSR count). The fourth-order valence-electron chi connectivity index (χ4n) is 6.13. The van der Waals surface area contributed by atoms with Crippen molar-refractivity contribution in [1.82, 2.24) is 4.57 Å². The minimum Gasteiger partial charge on any atom is -0.399 e. The van der Waals surface area contributed by atoms with Crippen molar-refractivity contribution in [2.75, 3.05) is 0 Å². The van der Waals surface area contributed by atoms with Gasteiger partial charge in [0.25, 0.3) is 0 Å². The molecule has 2 saturated heterocycles. The third kappa shape index (κ3) is 4.81. The second kappa shape index (κ2) is 10.1. The molecule has 3 heterocycles. The van der Waals surface area contributed by atoms with Crippen molar-refractivity contribution in [3.05, 3.63) is 90.5 Å². The van der Waals surface area contributed by atoms with E-state index in [1.54, 1.807) is 0 Å². The Morgan fingerprint density at radius 1 is 0.533 bits per heavy atom. The number of rotatable bonds is 4. The Morgan fingerprint density at radius 3 is 1.29 bits per heavy atom. The largest absolute Gasteiger partial charge is 0.494 e. The molecule has 0 saturated carbocycles. The van der Waals surface area contributed by atoms with Gasteiger partial charge in [-0.25, -0.2) is 0 Å². The molecule has 45 heavy (non-hydrogen) atoms. The van der Waals surface area contributed by atoms with Gasteiger partial charge in [0, 0.05) is 16.5 Å². The van der Waals surface area contributed by atoms with E-state index >= 15 is 0 Å². The molecule has 5 aromatic rings. The van der Waals surface area contributed by atoms with Crippen LogP contribution >= 0.6 is 0 Å². The van der Waals surface area contributed by atoms with Gasteiger partial charge >= 0.3 is 14.2 Å². The smallest absolute Gasteiger partial charge is 0.399 e. The van der Waals surface area contributed by atoms with Gasteiger partial charge in [0.1, 0.15) is 0 Å². The zero-order valence-corrected chi connectivity index (χ0v) is 27.3. The van der Waals surface area contributed by atoms with Crippen LogP contribution in [0.15, 0.2) is 84.9 Å². The van der Waals surface area contributed by atoms with Crippen LogP contribution in [-0.2, 0) is 18.6 Å². The van der Waals surface area contributed by atoms with Gasteiger partial charge < -0.3 is 23.2 Å². The molecule has 1 aromatic heterocycles. The Labute approximate surface area is 266 Å². The first-order valence-corrected chi connectivity index (χ1v) is 15.6. The van der Waals surface area contributed by atoms with Crippen LogP contribution in [-0.4, -0.2) is 41.2 Å². The molecule has 2 aliphatic heterocycles. The third-order valence-electron chi connectivity index (χ3n) is 10.3. The number of hydrogen-bond donors (Lipinski definition) is 0. The Balaban J connectivity index is 1.36. The molecule has 226 valence electrons. The molecular weight excluding hydrogens is 558 g/mol. The second-order valence-electron chi connectivity index (χ2n) is 14.3. The Hall–Kier alpha value is -3.86. The summed E-state index contributed by atoms with van der Waals surface area (Å²) in [4.78, 5) is 0. The Kier molecular flexibility index (Phi) is 6.68. The Bertz CT molecular complexity index is 1860. The summed E-state index contributed by atoms with van der Waals surface area (Å²) in [5.74, 6) is 0. The molecule has 0 atom stereocenters. The molecule has 0 bridgehead atoms. The minimum atomic E-state index is -0.462. The van der Waals surface area contributed by atoms with Crippen LogP contribution in [0.2, 0.25) is 0 Å². The molecule has 0 amide bonds. The topological polar surface area (TPSA) is 65.6 Å². The lowest BCUT2D eigenvalue weighted by Crippen LogP contribution is -2.41. The highest BCUT2D eigenvalue weighted by molar-refractivity contribution is 6.63. The van der Waals surface area contributed by atoms with E-state index in [1.165, 1.54) is 0 Å². The van der Waals surface area contributed by atoms with Gasteiger partial charge in [-0.2, -0.15) is 5.26 Å². The maximum Gasteiger partial charge on any atom is 0.494 e. The van der Waals surface area contributed by atoms with Crippen molar-refractivity contribution in [1.29, 1.82) is 5.26 Å². The van der Waals surface area contributed by atoms with Crippen LogP contribution in [0.4, 0.5) is 0 Å². The van der Waals surface area contributed by atoms with E-state index in [9.17, 15) is 5.26 Å². The van der Waals surface area contributed by atoms with E-state index in [2.05, 4.69) is 127 Å². The summed E-state index contributed by atoms with van der Waals surface area (Å²) in [6.45, 7) is 16.6. The lowest BCUT2D eigenvalue weighted by molar-refractivity contribution is 0.00578.